The number of aryl methyl sites for hydroxylation is 1. The Labute approximate surface area is 168 Å². The van der Waals surface area contributed by atoms with E-state index in [1.165, 1.54) is 0 Å². The summed E-state index contributed by atoms with van der Waals surface area (Å²) in [5.41, 5.74) is 2.25. The summed E-state index contributed by atoms with van der Waals surface area (Å²) >= 11 is 0. The molecular formula is C21H23N3O5. The number of hydrogen-bond donors (Lipinski definition) is 2. The number of amides is 3. The van der Waals surface area contributed by atoms with Crippen molar-refractivity contribution in [1.82, 2.24) is 15.4 Å². The Kier molecular flexibility index (Phi) is 6.91. The first kappa shape index (κ1) is 20.5. The lowest BCUT2D eigenvalue weighted by Gasteiger charge is -2.13. The van der Waals surface area contributed by atoms with Crippen LogP contribution < -0.4 is 5.32 Å². The summed E-state index contributed by atoms with van der Waals surface area (Å²) in [4.78, 5) is 45.0. The van der Waals surface area contributed by atoms with Gasteiger partial charge in [-0.05, 0) is 43.5 Å². The predicted molar refractivity (Wildman–Crippen MR) is 104 cm³/mol. The zero-order valence-electron chi connectivity index (χ0n) is 16.0. The van der Waals surface area contributed by atoms with Crippen LogP contribution in [0.3, 0.4) is 0 Å². The first-order valence-corrected chi connectivity index (χ1v) is 9.58. The Morgan fingerprint density at radius 3 is 2.28 bits per heavy atom. The van der Waals surface area contributed by atoms with Crippen LogP contribution in [0.5, 0.6) is 0 Å². The highest BCUT2D eigenvalue weighted by atomic mass is 16.7. The zero-order valence-corrected chi connectivity index (χ0v) is 16.0. The van der Waals surface area contributed by atoms with Gasteiger partial charge in [0.1, 0.15) is 6.61 Å². The van der Waals surface area contributed by atoms with E-state index in [0.717, 1.165) is 42.9 Å². The van der Waals surface area contributed by atoms with Gasteiger partial charge in [-0.15, -0.1) is 5.06 Å². The highest BCUT2D eigenvalue weighted by Crippen LogP contribution is 2.23. The lowest BCUT2D eigenvalue weighted by atomic mass is 10.1. The Bertz CT molecular complexity index is 864. The number of hydroxylamine groups is 2. The number of hydrogen-bond acceptors (Lipinski definition) is 5. The number of carbonyl (C=O) groups excluding carboxylic acids is 2. The topological polar surface area (TPSA) is 109 Å². The first-order chi connectivity index (χ1) is 14.1. The van der Waals surface area contributed by atoms with Crippen LogP contribution in [0.4, 0.5) is 4.79 Å². The molecule has 2 heterocycles. The largest absolute Gasteiger partial charge is 0.465 e. The minimum Gasteiger partial charge on any atom is -0.465 e. The van der Waals surface area contributed by atoms with Crippen LogP contribution in [0.2, 0.25) is 0 Å². The lowest BCUT2D eigenvalue weighted by Crippen LogP contribution is -2.29. The van der Waals surface area contributed by atoms with Crippen LogP contribution in [0, 0.1) is 0 Å². The van der Waals surface area contributed by atoms with Gasteiger partial charge in [0.2, 0.25) is 0 Å². The number of nitrogens with zero attached hydrogens (tertiary/aromatic N) is 2. The number of imide groups is 1. The van der Waals surface area contributed by atoms with E-state index in [-0.39, 0.29) is 6.61 Å². The average Bonchev–Trinajstić information content (AvgIpc) is 2.96. The third-order valence-corrected chi connectivity index (χ3v) is 4.60. The number of carbonyl (C=O) groups is 3. The number of pyridine rings is 1. The quantitative estimate of drug-likeness (QED) is 0.471. The van der Waals surface area contributed by atoms with Crippen molar-refractivity contribution >= 4 is 17.9 Å². The van der Waals surface area contributed by atoms with Gasteiger partial charge in [0, 0.05) is 12.2 Å². The van der Waals surface area contributed by atoms with Crippen molar-refractivity contribution in [3.8, 4) is 0 Å². The summed E-state index contributed by atoms with van der Waals surface area (Å²) in [5.74, 6) is -0.918. The third-order valence-electron chi connectivity index (χ3n) is 4.60. The van der Waals surface area contributed by atoms with Gasteiger partial charge in [-0.1, -0.05) is 31.0 Å². The fraction of sp³-hybridized carbons (Fsp3) is 0.333. The van der Waals surface area contributed by atoms with E-state index < -0.39 is 17.9 Å². The van der Waals surface area contributed by atoms with E-state index in [9.17, 15) is 14.4 Å². The molecule has 0 atom stereocenters. The van der Waals surface area contributed by atoms with Gasteiger partial charge in [0.15, 0.2) is 0 Å². The molecule has 0 saturated heterocycles. The van der Waals surface area contributed by atoms with Crippen molar-refractivity contribution in [3.05, 3.63) is 65.0 Å². The maximum atomic E-state index is 12.3. The Morgan fingerprint density at radius 1 is 0.931 bits per heavy atom. The molecule has 0 fully saturated rings. The Morgan fingerprint density at radius 2 is 1.59 bits per heavy atom. The van der Waals surface area contributed by atoms with Gasteiger partial charge in [-0.25, -0.2) is 4.79 Å². The van der Waals surface area contributed by atoms with Crippen LogP contribution >= 0.6 is 0 Å². The van der Waals surface area contributed by atoms with Gasteiger partial charge in [-0.2, -0.15) is 0 Å². The van der Waals surface area contributed by atoms with Crippen molar-refractivity contribution in [2.75, 3.05) is 6.54 Å². The van der Waals surface area contributed by atoms with E-state index >= 15 is 0 Å². The number of aromatic nitrogens is 1. The SMILES string of the molecule is O=C(O)NCCCCCCc1cccc(CON2C(=O)c3ccccc3C2=O)n1. The van der Waals surface area contributed by atoms with E-state index in [2.05, 4.69) is 10.3 Å². The van der Waals surface area contributed by atoms with Crippen molar-refractivity contribution in [1.29, 1.82) is 0 Å². The molecular weight excluding hydrogens is 374 g/mol. The van der Waals surface area contributed by atoms with E-state index in [0.29, 0.717) is 23.4 Å². The summed E-state index contributed by atoms with van der Waals surface area (Å²) in [6.07, 6.45) is 3.50. The minimum absolute atomic E-state index is 0.0279. The second-order valence-corrected chi connectivity index (χ2v) is 6.74. The minimum atomic E-state index is -0.991. The molecule has 1 aromatic carbocycles. The van der Waals surface area contributed by atoms with Crippen LogP contribution in [0.25, 0.3) is 0 Å². The fourth-order valence-corrected chi connectivity index (χ4v) is 3.14. The first-order valence-electron chi connectivity index (χ1n) is 9.58. The van der Waals surface area contributed by atoms with E-state index in [1.807, 2.05) is 12.1 Å². The van der Waals surface area contributed by atoms with Crippen molar-refractivity contribution in [2.24, 2.45) is 0 Å². The van der Waals surface area contributed by atoms with Gasteiger partial charge < -0.3 is 10.4 Å². The zero-order chi connectivity index (χ0) is 20.6. The van der Waals surface area contributed by atoms with Crippen LogP contribution in [0.15, 0.2) is 42.5 Å². The van der Waals surface area contributed by atoms with Crippen LogP contribution in [0.1, 0.15) is 57.8 Å². The normalized spacial score (nSPS) is 12.9. The molecule has 2 aromatic rings. The van der Waals surface area contributed by atoms with E-state index in [4.69, 9.17) is 9.94 Å². The maximum Gasteiger partial charge on any atom is 0.404 e. The van der Waals surface area contributed by atoms with Gasteiger partial charge in [0.05, 0.1) is 16.8 Å². The van der Waals surface area contributed by atoms with Crippen molar-refractivity contribution in [3.63, 3.8) is 0 Å². The number of fused-ring (bicyclic) bond motifs is 1. The maximum absolute atomic E-state index is 12.3. The standard InChI is InChI=1S/C21H23N3O5/c25-19-17-11-4-5-12-18(17)20(26)24(19)29-14-16-10-7-9-15(23-16)8-3-1-2-6-13-22-21(27)28/h4-5,7,9-12,22H,1-3,6,8,13-14H2,(H,27,28). The molecule has 1 aliphatic rings. The Hall–Kier alpha value is -3.26. The molecule has 0 bridgehead atoms. The molecule has 29 heavy (non-hydrogen) atoms. The van der Waals surface area contributed by atoms with Gasteiger partial charge in [0.25, 0.3) is 11.8 Å². The molecule has 0 spiro atoms. The second-order valence-electron chi connectivity index (χ2n) is 6.74. The summed E-state index contributed by atoms with van der Waals surface area (Å²) in [7, 11) is 0. The molecule has 0 aliphatic carbocycles. The molecule has 0 saturated carbocycles. The number of unbranched alkanes of at least 4 members (excludes halogenated alkanes) is 3. The molecule has 3 rings (SSSR count). The number of benzene rings is 1. The molecule has 152 valence electrons. The predicted octanol–water partition coefficient (Wildman–Crippen LogP) is 3.18. The van der Waals surface area contributed by atoms with Crippen LogP contribution in [-0.4, -0.2) is 39.6 Å². The third kappa shape index (κ3) is 5.39. The summed E-state index contributed by atoms with van der Waals surface area (Å²) in [6, 6.07) is 12.2. The van der Waals surface area contributed by atoms with Crippen molar-refractivity contribution < 1.29 is 24.3 Å². The highest BCUT2D eigenvalue weighted by Gasteiger charge is 2.36. The molecule has 3 amide bonds. The van der Waals surface area contributed by atoms with E-state index in [1.54, 1.807) is 30.3 Å². The van der Waals surface area contributed by atoms with Crippen LogP contribution in [-0.2, 0) is 17.9 Å². The highest BCUT2D eigenvalue weighted by molar-refractivity contribution is 6.20. The molecule has 8 heteroatoms. The van der Waals surface area contributed by atoms with Crippen molar-refractivity contribution in [2.45, 2.75) is 38.7 Å². The molecule has 1 aromatic heterocycles. The number of rotatable bonds is 10. The summed E-state index contributed by atoms with van der Waals surface area (Å²) in [6.45, 7) is 0.498. The van der Waals surface area contributed by atoms with Gasteiger partial charge >= 0.3 is 6.09 Å². The Balaban J connectivity index is 1.44. The molecule has 1 aliphatic heterocycles. The molecule has 0 unspecified atom stereocenters. The molecule has 2 N–H and O–H groups in total. The second kappa shape index (κ2) is 9.79. The smallest absolute Gasteiger partial charge is 0.404 e. The monoisotopic (exact) mass is 397 g/mol. The summed E-state index contributed by atoms with van der Waals surface area (Å²) in [5, 5.41) is 11.7. The number of nitrogens with one attached hydrogen (secondary N) is 1. The lowest BCUT2D eigenvalue weighted by molar-refractivity contribution is -0.102. The summed E-state index contributed by atoms with van der Waals surface area (Å²) < 4.78 is 0. The molecule has 0 radical (unpaired) electrons. The number of carboxylic acid groups (broad SMARTS) is 1. The fourth-order valence-electron chi connectivity index (χ4n) is 3.14. The van der Waals surface area contributed by atoms with Gasteiger partial charge in [-0.3, -0.25) is 19.4 Å². The average molecular weight is 397 g/mol. The molecule has 8 nitrogen and oxygen atoms in total.